The zero-order chi connectivity index (χ0) is 25.9. The Kier molecular flexibility index (Phi) is 8.45. The van der Waals surface area contributed by atoms with Crippen molar-refractivity contribution in [2.45, 2.75) is 44.1 Å². The number of hydroxylamine groups is 3. The van der Waals surface area contributed by atoms with Gasteiger partial charge in [0.2, 0.25) is 0 Å². The minimum Gasteiger partial charge on any atom is -0.626 e. The van der Waals surface area contributed by atoms with Crippen LogP contribution in [-0.4, -0.2) is 60.3 Å². The van der Waals surface area contributed by atoms with Crippen LogP contribution in [0.1, 0.15) is 31.7 Å². The van der Waals surface area contributed by atoms with Crippen molar-refractivity contribution in [2.24, 2.45) is 11.8 Å². The van der Waals surface area contributed by atoms with Crippen LogP contribution in [0.15, 0.2) is 59.5 Å². The van der Waals surface area contributed by atoms with Gasteiger partial charge in [-0.1, -0.05) is 42.8 Å². The third kappa shape index (κ3) is 5.97. The molecule has 36 heavy (non-hydrogen) atoms. The molecule has 5 atom stereocenters. The summed E-state index contributed by atoms with van der Waals surface area (Å²) >= 11 is 12.5. The topological polar surface area (TPSA) is 78.9 Å². The average molecular weight is 535 g/mol. The molecule has 0 radical (unpaired) electrons. The molecular formula is C27H32Cl2N2O5. The van der Waals surface area contributed by atoms with E-state index in [1.165, 1.54) is 0 Å². The Morgan fingerprint density at radius 1 is 1.25 bits per heavy atom. The number of allylic oxidation sites excluding steroid dienone is 5. The summed E-state index contributed by atoms with van der Waals surface area (Å²) in [7, 11) is 1.61. The first-order valence-corrected chi connectivity index (χ1v) is 13.1. The number of ether oxygens (including phenoxy) is 2. The number of halogens is 2. The molecule has 1 heterocycles. The SMILES string of the molecule is CC1CC2=C(C(=O)N(CCCOC=O)C[N+]2(C)[O-])C(Cc2ccc(Cl)cc2)C1OC1=CC=CC(Cl)C1. The lowest BCUT2D eigenvalue weighted by molar-refractivity contribution is -0.836. The number of carbonyl (C=O) groups excluding carboxylic acids is 2. The number of quaternary nitrogens is 1. The molecule has 4 rings (SSSR count). The second-order valence-corrected chi connectivity index (χ2v) is 10.9. The lowest BCUT2D eigenvalue weighted by Crippen LogP contribution is -2.58. The highest BCUT2D eigenvalue weighted by molar-refractivity contribution is 6.30. The van der Waals surface area contributed by atoms with E-state index in [0.717, 1.165) is 11.3 Å². The molecule has 0 N–H and O–H groups in total. The second-order valence-electron chi connectivity index (χ2n) is 9.93. The third-order valence-electron chi connectivity index (χ3n) is 7.10. The van der Waals surface area contributed by atoms with Gasteiger partial charge in [0, 0.05) is 36.2 Å². The highest BCUT2D eigenvalue weighted by atomic mass is 35.5. The van der Waals surface area contributed by atoms with Crippen molar-refractivity contribution in [3.8, 4) is 0 Å². The van der Waals surface area contributed by atoms with Crippen LogP contribution in [0.5, 0.6) is 0 Å². The number of benzene rings is 1. The molecule has 1 aliphatic heterocycles. The summed E-state index contributed by atoms with van der Waals surface area (Å²) in [5, 5.41) is 14.3. The van der Waals surface area contributed by atoms with Gasteiger partial charge in [-0.2, -0.15) is 0 Å². The van der Waals surface area contributed by atoms with Crippen molar-refractivity contribution in [3.63, 3.8) is 0 Å². The fourth-order valence-electron chi connectivity index (χ4n) is 5.41. The summed E-state index contributed by atoms with van der Waals surface area (Å²) in [6.07, 6.45) is 7.48. The first-order valence-electron chi connectivity index (χ1n) is 12.3. The summed E-state index contributed by atoms with van der Waals surface area (Å²) in [6.45, 7) is 3.03. The smallest absolute Gasteiger partial charge is 0.293 e. The monoisotopic (exact) mass is 534 g/mol. The number of carbonyl (C=O) groups is 2. The molecule has 0 aromatic heterocycles. The molecule has 2 aliphatic carbocycles. The Morgan fingerprint density at radius 2 is 2.00 bits per heavy atom. The van der Waals surface area contributed by atoms with Crippen molar-refractivity contribution in [3.05, 3.63) is 75.3 Å². The van der Waals surface area contributed by atoms with Gasteiger partial charge in [0.15, 0.2) is 6.67 Å². The van der Waals surface area contributed by atoms with Crippen LogP contribution in [0.25, 0.3) is 0 Å². The minimum absolute atomic E-state index is 0.0216. The predicted molar refractivity (Wildman–Crippen MR) is 139 cm³/mol. The van der Waals surface area contributed by atoms with Gasteiger partial charge in [-0.25, -0.2) is 0 Å². The number of nitrogens with zero attached hydrogens (tertiary/aromatic N) is 2. The quantitative estimate of drug-likeness (QED) is 0.147. The average Bonchev–Trinajstić information content (AvgIpc) is 2.83. The number of alkyl halides is 1. The van der Waals surface area contributed by atoms with Crippen molar-refractivity contribution in [2.75, 3.05) is 26.9 Å². The van der Waals surface area contributed by atoms with E-state index in [9.17, 15) is 14.8 Å². The Labute approximate surface area is 222 Å². The number of hydrogen-bond donors (Lipinski definition) is 0. The van der Waals surface area contributed by atoms with Gasteiger partial charge in [-0.05, 0) is 36.6 Å². The Bertz CT molecular complexity index is 1070. The molecule has 9 heteroatoms. The van der Waals surface area contributed by atoms with E-state index in [0.29, 0.717) is 55.0 Å². The number of amides is 1. The first-order chi connectivity index (χ1) is 17.2. The molecule has 0 fully saturated rings. The molecule has 0 bridgehead atoms. The van der Waals surface area contributed by atoms with E-state index in [4.69, 9.17) is 32.7 Å². The normalized spacial score (nSPS) is 30.1. The van der Waals surface area contributed by atoms with E-state index < -0.39 is 4.65 Å². The largest absolute Gasteiger partial charge is 0.626 e. The summed E-state index contributed by atoms with van der Waals surface area (Å²) < 4.78 is 10.7. The highest BCUT2D eigenvalue weighted by Gasteiger charge is 2.49. The molecule has 7 nitrogen and oxygen atoms in total. The van der Waals surface area contributed by atoms with Crippen molar-refractivity contribution in [1.82, 2.24) is 4.90 Å². The third-order valence-corrected chi connectivity index (χ3v) is 7.65. The molecular weight excluding hydrogens is 503 g/mol. The summed E-state index contributed by atoms with van der Waals surface area (Å²) in [5.41, 5.74) is 2.18. The number of hydrogen-bond acceptors (Lipinski definition) is 5. The molecule has 1 amide bonds. The molecule has 0 saturated carbocycles. The molecule has 3 aliphatic rings. The maximum absolute atomic E-state index is 13.8. The standard InChI is InChI=1S/C27H32Cl2N2O5/c1-18-13-24-25(27(33)30(16-31(24,2)34)11-4-12-35-17-32)23(14-19-7-9-20(28)10-8-19)26(18)36-22-6-3-5-21(29)15-22/h3,5-10,17-18,21,23,26H,4,11-16H2,1-2H3. The maximum atomic E-state index is 13.8. The van der Waals surface area contributed by atoms with Crippen LogP contribution < -0.4 is 0 Å². The second kappa shape index (κ2) is 11.4. The minimum atomic E-state index is -0.626. The van der Waals surface area contributed by atoms with Gasteiger partial charge in [0.25, 0.3) is 12.4 Å². The van der Waals surface area contributed by atoms with Crippen LogP contribution >= 0.6 is 23.2 Å². The molecule has 194 valence electrons. The predicted octanol–water partition coefficient (Wildman–Crippen LogP) is 4.94. The van der Waals surface area contributed by atoms with Gasteiger partial charge in [-0.3, -0.25) is 14.5 Å². The summed E-state index contributed by atoms with van der Waals surface area (Å²) in [4.78, 5) is 25.9. The van der Waals surface area contributed by atoms with Crippen molar-refractivity contribution in [1.29, 1.82) is 0 Å². The summed E-state index contributed by atoms with van der Waals surface area (Å²) in [5.74, 6) is 0.339. The fraction of sp³-hybridized carbons (Fsp3) is 0.481. The lowest BCUT2D eigenvalue weighted by Gasteiger charge is -2.52. The van der Waals surface area contributed by atoms with E-state index in [-0.39, 0.29) is 42.5 Å². The van der Waals surface area contributed by atoms with Gasteiger partial charge < -0.3 is 19.3 Å². The molecule has 1 aromatic carbocycles. The molecule has 0 spiro atoms. The molecule has 1 aromatic rings. The molecule has 0 saturated heterocycles. The van der Waals surface area contributed by atoms with Crippen LogP contribution in [0.3, 0.4) is 0 Å². The Morgan fingerprint density at radius 3 is 2.69 bits per heavy atom. The van der Waals surface area contributed by atoms with E-state index in [2.05, 4.69) is 6.92 Å². The van der Waals surface area contributed by atoms with E-state index in [1.807, 2.05) is 42.5 Å². The van der Waals surface area contributed by atoms with Crippen LogP contribution in [0, 0.1) is 17.0 Å². The van der Waals surface area contributed by atoms with Gasteiger partial charge in [0.05, 0.1) is 30.4 Å². The molecule has 5 unspecified atom stereocenters. The summed E-state index contributed by atoms with van der Waals surface area (Å²) in [6, 6.07) is 7.56. The van der Waals surface area contributed by atoms with E-state index in [1.54, 1.807) is 11.9 Å². The van der Waals surface area contributed by atoms with Gasteiger partial charge in [-0.15, -0.1) is 11.6 Å². The van der Waals surface area contributed by atoms with Crippen LogP contribution in [0.4, 0.5) is 0 Å². The van der Waals surface area contributed by atoms with Crippen LogP contribution in [0.2, 0.25) is 5.02 Å². The first kappa shape index (κ1) is 26.7. The van der Waals surface area contributed by atoms with E-state index >= 15 is 0 Å². The van der Waals surface area contributed by atoms with Gasteiger partial charge in [0.1, 0.15) is 11.8 Å². The maximum Gasteiger partial charge on any atom is 0.293 e. The van der Waals surface area contributed by atoms with Crippen LogP contribution in [-0.2, 0) is 25.5 Å². The lowest BCUT2D eigenvalue weighted by atomic mass is 9.73. The van der Waals surface area contributed by atoms with Gasteiger partial charge >= 0.3 is 0 Å². The van der Waals surface area contributed by atoms with Crippen molar-refractivity contribution >= 4 is 35.6 Å². The zero-order valence-corrected chi connectivity index (χ0v) is 22.1. The van der Waals surface area contributed by atoms with Crippen molar-refractivity contribution < 1.29 is 23.7 Å². The number of rotatable bonds is 9. The highest BCUT2D eigenvalue weighted by Crippen LogP contribution is 2.45. The Hall–Kier alpha value is -2.32. The zero-order valence-electron chi connectivity index (χ0n) is 20.6. The fourth-order valence-corrected chi connectivity index (χ4v) is 5.77. The Balaban J connectivity index is 1.70.